The first-order chi connectivity index (χ1) is 4.72. The van der Waals surface area contributed by atoms with Crippen molar-refractivity contribution in [3.05, 3.63) is 22.4 Å². The molecular weight excluding hydrogens is 168 g/mol. The fourth-order valence-corrected chi connectivity index (χ4v) is 1.54. The van der Waals surface area contributed by atoms with Crippen molar-refractivity contribution in [1.82, 2.24) is 0 Å². The number of thiol groups is 1. The minimum absolute atomic E-state index is 0.667. The van der Waals surface area contributed by atoms with E-state index < -0.39 is 11.2 Å². The molecule has 1 unspecified atom stereocenters. The molecule has 0 aliphatic carbocycles. The Balaban J connectivity index is 2.77. The lowest BCUT2D eigenvalue weighted by atomic mass is 10.3. The number of aliphatic carboxylic acids is 1. The van der Waals surface area contributed by atoms with Crippen LogP contribution in [-0.2, 0) is 4.79 Å². The number of carbonyl (C=O) groups is 1. The lowest BCUT2D eigenvalue weighted by Crippen LogP contribution is -2.02. The van der Waals surface area contributed by atoms with Gasteiger partial charge in [-0.25, -0.2) is 0 Å². The maximum Gasteiger partial charge on any atom is 0.321 e. The van der Waals surface area contributed by atoms with Crippen molar-refractivity contribution in [2.75, 3.05) is 0 Å². The van der Waals surface area contributed by atoms with Crippen LogP contribution in [0.15, 0.2) is 17.5 Å². The van der Waals surface area contributed by atoms with Crippen molar-refractivity contribution in [2.24, 2.45) is 0 Å². The minimum atomic E-state index is -0.897. The van der Waals surface area contributed by atoms with Crippen LogP contribution < -0.4 is 0 Å². The zero-order chi connectivity index (χ0) is 7.56. The summed E-state index contributed by atoms with van der Waals surface area (Å²) >= 11 is 5.29. The summed E-state index contributed by atoms with van der Waals surface area (Å²) in [5.41, 5.74) is 0. The molecule has 54 valence electrons. The number of carboxylic acid groups (broad SMARTS) is 1. The molecule has 1 rings (SSSR count). The quantitative estimate of drug-likeness (QED) is 0.671. The summed E-state index contributed by atoms with van der Waals surface area (Å²) in [6, 6.07) is 3.57. The Bertz CT molecular complexity index is 218. The van der Waals surface area contributed by atoms with Crippen LogP contribution >= 0.6 is 24.0 Å². The number of hydrogen-bond acceptors (Lipinski definition) is 3. The van der Waals surface area contributed by atoms with Crippen molar-refractivity contribution >= 4 is 29.9 Å². The number of carboxylic acids is 1. The highest BCUT2D eigenvalue weighted by atomic mass is 32.1. The Labute approximate surface area is 67.9 Å². The summed E-state index contributed by atoms with van der Waals surface area (Å²) in [6.07, 6.45) is 0. The van der Waals surface area contributed by atoms with Gasteiger partial charge in [-0.05, 0) is 11.4 Å². The SMILES string of the molecule is O=C(O)C(S)c1cccs1. The Morgan fingerprint density at radius 2 is 2.50 bits per heavy atom. The van der Waals surface area contributed by atoms with E-state index in [1.807, 2.05) is 11.4 Å². The monoisotopic (exact) mass is 174 g/mol. The van der Waals surface area contributed by atoms with Gasteiger partial charge in [0.1, 0.15) is 5.25 Å². The van der Waals surface area contributed by atoms with Gasteiger partial charge in [-0.15, -0.1) is 11.3 Å². The van der Waals surface area contributed by atoms with Gasteiger partial charge in [0.15, 0.2) is 0 Å². The molecule has 2 nitrogen and oxygen atoms in total. The van der Waals surface area contributed by atoms with Crippen LogP contribution in [0.4, 0.5) is 0 Å². The molecule has 0 aliphatic heterocycles. The average molecular weight is 174 g/mol. The molecule has 0 saturated carbocycles. The highest BCUT2D eigenvalue weighted by molar-refractivity contribution is 7.81. The van der Waals surface area contributed by atoms with Gasteiger partial charge in [-0.2, -0.15) is 12.6 Å². The van der Waals surface area contributed by atoms with Crippen LogP contribution in [0, 0.1) is 0 Å². The summed E-state index contributed by atoms with van der Waals surface area (Å²) in [5.74, 6) is -0.897. The lowest BCUT2D eigenvalue weighted by molar-refractivity contribution is -0.136. The summed E-state index contributed by atoms with van der Waals surface area (Å²) in [4.78, 5) is 11.1. The molecule has 4 heteroatoms. The summed E-state index contributed by atoms with van der Waals surface area (Å²) in [7, 11) is 0. The smallest absolute Gasteiger partial charge is 0.321 e. The van der Waals surface area contributed by atoms with Gasteiger partial charge < -0.3 is 5.11 Å². The Morgan fingerprint density at radius 1 is 1.80 bits per heavy atom. The second-order valence-electron chi connectivity index (χ2n) is 1.76. The van der Waals surface area contributed by atoms with Gasteiger partial charge in [0, 0.05) is 4.88 Å². The van der Waals surface area contributed by atoms with E-state index in [0.717, 1.165) is 4.88 Å². The molecular formula is C6H6O2S2. The Morgan fingerprint density at radius 3 is 2.90 bits per heavy atom. The topological polar surface area (TPSA) is 37.3 Å². The average Bonchev–Trinajstić information content (AvgIpc) is 2.36. The zero-order valence-corrected chi connectivity index (χ0v) is 6.73. The number of thiophene rings is 1. The molecule has 1 aromatic heterocycles. The van der Waals surface area contributed by atoms with Crippen LogP contribution in [0.3, 0.4) is 0 Å². The highest BCUT2D eigenvalue weighted by Gasteiger charge is 2.14. The van der Waals surface area contributed by atoms with Crippen LogP contribution in [0.2, 0.25) is 0 Å². The molecule has 0 amide bonds. The van der Waals surface area contributed by atoms with E-state index in [9.17, 15) is 4.79 Å². The van der Waals surface area contributed by atoms with Gasteiger partial charge in [-0.3, -0.25) is 4.79 Å². The Hall–Kier alpha value is -0.480. The molecule has 10 heavy (non-hydrogen) atoms. The summed E-state index contributed by atoms with van der Waals surface area (Å²) in [6.45, 7) is 0. The molecule has 0 aromatic carbocycles. The van der Waals surface area contributed by atoms with Crippen molar-refractivity contribution in [3.63, 3.8) is 0 Å². The van der Waals surface area contributed by atoms with Crippen LogP contribution in [0.5, 0.6) is 0 Å². The van der Waals surface area contributed by atoms with Gasteiger partial charge in [0.25, 0.3) is 0 Å². The number of hydrogen-bond donors (Lipinski definition) is 2. The van der Waals surface area contributed by atoms with Crippen LogP contribution in [0.25, 0.3) is 0 Å². The second kappa shape index (κ2) is 3.07. The van der Waals surface area contributed by atoms with E-state index in [-0.39, 0.29) is 0 Å². The minimum Gasteiger partial charge on any atom is -0.480 e. The molecule has 0 fully saturated rings. The van der Waals surface area contributed by atoms with Crippen molar-refractivity contribution in [2.45, 2.75) is 5.25 Å². The molecule has 1 aromatic rings. The van der Waals surface area contributed by atoms with Crippen LogP contribution in [0.1, 0.15) is 10.1 Å². The van der Waals surface area contributed by atoms with Gasteiger partial charge >= 0.3 is 5.97 Å². The third-order valence-corrected chi connectivity index (χ3v) is 2.66. The molecule has 0 bridgehead atoms. The summed E-state index contributed by atoms with van der Waals surface area (Å²) in [5, 5.41) is 9.65. The fraction of sp³-hybridized carbons (Fsp3) is 0.167. The normalized spacial score (nSPS) is 12.9. The largest absolute Gasteiger partial charge is 0.480 e. The van der Waals surface area contributed by atoms with E-state index in [0.29, 0.717) is 0 Å². The van der Waals surface area contributed by atoms with E-state index in [4.69, 9.17) is 5.11 Å². The maximum atomic E-state index is 10.3. The predicted molar refractivity (Wildman–Crippen MR) is 43.7 cm³/mol. The third-order valence-electron chi connectivity index (χ3n) is 1.05. The van der Waals surface area contributed by atoms with Crippen molar-refractivity contribution in [3.8, 4) is 0 Å². The number of rotatable bonds is 2. The van der Waals surface area contributed by atoms with Crippen molar-refractivity contribution < 1.29 is 9.90 Å². The van der Waals surface area contributed by atoms with E-state index in [1.165, 1.54) is 11.3 Å². The Kier molecular flexibility index (Phi) is 2.34. The lowest BCUT2D eigenvalue weighted by Gasteiger charge is -1.98. The fourth-order valence-electron chi connectivity index (χ4n) is 0.569. The van der Waals surface area contributed by atoms with E-state index in [2.05, 4.69) is 12.6 Å². The van der Waals surface area contributed by atoms with Crippen LogP contribution in [-0.4, -0.2) is 11.1 Å². The molecule has 0 aliphatic rings. The van der Waals surface area contributed by atoms with Crippen molar-refractivity contribution in [1.29, 1.82) is 0 Å². The van der Waals surface area contributed by atoms with Gasteiger partial charge in [0.05, 0.1) is 0 Å². The second-order valence-corrected chi connectivity index (χ2v) is 3.25. The molecule has 0 spiro atoms. The predicted octanol–water partition coefficient (Wildman–Crippen LogP) is 1.80. The zero-order valence-electron chi connectivity index (χ0n) is 5.02. The third kappa shape index (κ3) is 1.52. The molecule has 1 N–H and O–H groups in total. The molecule has 1 atom stereocenters. The van der Waals surface area contributed by atoms with E-state index in [1.54, 1.807) is 6.07 Å². The first-order valence-corrected chi connectivity index (χ1v) is 4.05. The van der Waals surface area contributed by atoms with Gasteiger partial charge in [0.2, 0.25) is 0 Å². The summed E-state index contributed by atoms with van der Waals surface area (Å²) < 4.78 is 0. The first kappa shape index (κ1) is 7.63. The standard InChI is InChI=1S/C6H6O2S2/c7-6(8)5(9)4-2-1-3-10-4/h1-3,5,9H,(H,7,8). The molecule has 0 radical (unpaired) electrons. The maximum absolute atomic E-state index is 10.3. The highest BCUT2D eigenvalue weighted by Crippen LogP contribution is 2.24. The molecule has 1 heterocycles. The first-order valence-electron chi connectivity index (χ1n) is 2.66. The van der Waals surface area contributed by atoms with Gasteiger partial charge in [-0.1, -0.05) is 6.07 Å². The van der Waals surface area contributed by atoms with E-state index >= 15 is 0 Å². The molecule has 0 saturated heterocycles.